The number of ether oxygens (including phenoxy) is 1. The molecule has 0 amide bonds. The van der Waals surface area contributed by atoms with E-state index in [0.717, 1.165) is 35.7 Å². The fourth-order valence-electron chi connectivity index (χ4n) is 1.70. The van der Waals surface area contributed by atoms with E-state index < -0.39 is 0 Å². The van der Waals surface area contributed by atoms with Crippen molar-refractivity contribution < 1.29 is 4.74 Å². The molecular formula is C13H20ClNO. The molecule has 1 N–H and O–H groups in total. The Hall–Kier alpha value is -0.730. The molecule has 1 aromatic carbocycles. The van der Waals surface area contributed by atoms with E-state index in [9.17, 15) is 0 Å². The molecule has 0 aliphatic heterocycles. The number of rotatable bonds is 6. The van der Waals surface area contributed by atoms with Crippen molar-refractivity contribution in [1.29, 1.82) is 0 Å². The molecule has 0 spiro atoms. The maximum atomic E-state index is 5.99. The third kappa shape index (κ3) is 4.03. The Morgan fingerprint density at radius 2 is 2.19 bits per heavy atom. The van der Waals surface area contributed by atoms with Crippen molar-refractivity contribution in [3.63, 3.8) is 0 Å². The molecule has 1 unspecified atom stereocenters. The van der Waals surface area contributed by atoms with Gasteiger partial charge in [-0.2, -0.15) is 0 Å². The Balaban J connectivity index is 2.67. The molecule has 2 nitrogen and oxygen atoms in total. The summed E-state index contributed by atoms with van der Waals surface area (Å²) in [5.41, 5.74) is 1.16. The van der Waals surface area contributed by atoms with E-state index >= 15 is 0 Å². The van der Waals surface area contributed by atoms with E-state index in [-0.39, 0.29) is 0 Å². The summed E-state index contributed by atoms with van der Waals surface area (Å²) in [7, 11) is 1.69. The number of methoxy groups -OCH3 is 1. The number of hydrogen-bond acceptors (Lipinski definition) is 2. The van der Waals surface area contributed by atoms with Crippen LogP contribution in [0.1, 0.15) is 25.8 Å². The molecule has 0 saturated heterocycles. The molecule has 3 heteroatoms. The molecule has 0 heterocycles. The Kier molecular flexibility index (Phi) is 5.64. The minimum atomic E-state index is 0.437. The highest BCUT2D eigenvalue weighted by Gasteiger charge is 2.08. The lowest BCUT2D eigenvalue weighted by atomic mass is 10.1. The van der Waals surface area contributed by atoms with Gasteiger partial charge < -0.3 is 10.1 Å². The molecule has 1 aromatic rings. The minimum Gasteiger partial charge on any atom is -0.496 e. The fraction of sp³-hybridized carbons (Fsp3) is 0.538. The van der Waals surface area contributed by atoms with Crippen LogP contribution in [0.25, 0.3) is 0 Å². The molecule has 1 rings (SSSR count). The molecular weight excluding hydrogens is 222 g/mol. The first kappa shape index (κ1) is 13.3. The maximum Gasteiger partial charge on any atom is 0.122 e. The van der Waals surface area contributed by atoms with E-state index in [1.165, 1.54) is 0 Å². The second-order valence-electron chi connectivity index (χ2n) is 4.02. The van der Waals surface area contributed by atoms with Crippen LogP contribution < -0.4 is 10.1 Å². The monoisotopic (exact) mass is 241 g/mol. The lowest BCUT2D eigenvalue weighted by Gasteiger charge is -2.15. The zero-order valence-electron chi connectivity index (χ0n) is 10.2. The Morgan fingerprint density at radius 3 is 2.81 bits per heavy atom. The predicted octanol–water partition coefficient (Wildman–Crippen LogP) is 3.28. The Bertz CT molecular complexity index is 328. The van der Waals surface area contributed by atoms with Crippen LogP contribution in [0.3, 0.4) is 0 Å². The van der Waals surface area contributed by atoms with Crippen LogP contribution >= 0.6 is 11.6 Å². The molecule has 1 atom stereocenters. The van der Waals surface area contributed by atoms with Gasteiger partial charge in [0, 0.05) is 11.1 Å². The van der Waals surface area contributed by atoms with Crippen molar-refractivity contribution in [3.8, 4) is 5.75 Å². The standard InChI is InChI=1S/C13H20ClNO/c1-4-7-15-10(2)8-11-9-12(14)5-6-13(11)16-3/h5-6,9-10,15H,4,7-8H2,1-3H3. The average molecular weight is 242 g/mol. The second-order valence-corrected chi connectivity index (χ2v) is 4.45. The van der Waals surface area contributed by atoms with Crippen LogP contribution in [0.15, 0.2) is 18.2 Å². The van der Waals surface area contributed by atoms with Crippen LogP contribution in [0.2, 0.25) is 5.02 Å². The van der Waals surface area contributed by atoms with Gasteiger partial charge in [0.05, 0.1) is 7.11 Å². The van der Waals surface area contributed by atoms with Crippen molar-refractivity contribution >= 4 is 11.6 Å². The number of benzene rings is 1. The van der Waals surface area contributed by atoms with Gasteiger partial charge in [0.2, 0.25) is 0 Å². The average Bonchev–Trinajstić information content (AvgIpc) is 2.27. The van der Waals surface area contributed by atoms with Crippen molar-refractivity contribution in [2.45, 2.75) is 32.7 Å². The number of hydrogen-bond donors (Lipinski definition) is 1. The van der Waals surface area contributed by atoms with Gasteiger partial charge in [-0.3, -0.25) is 0 Å². The fourth-order valence-corrected chi connectivity index (χ4v) is 1.89. The predicted molar refractivity (Wildman–Crippen MR) is 69.5 cm³/mol. The maximum absolute atomic E-state index is 5.99. The summed E-state index contributed by atoms with van der Waals surface area (Å²) in [6.45, 7) is 5.39. The van der Waals surface area contributed by atoms with Gasteiger partial charge in [0.15, 0.2) is 0 Å². The lowest BCUT2D eigenvalue weighted by Crippen LogP contribution is -2.28. The second kappa shape index (κ2) is 6.77. The van der Waals surface area contributed by atoms with Crippen molar-refractivity contribution in [2.24, 2.45) is 0 Å². The van der Waals surface area contributed by atoms with Gasteiger partial charge in [-0.05, 0) is 50.1 Å². The van der Waals surface area contributed by atoms with Gasteiger partial charge in [-0.1, -0.05) is 18.5 Å². The van der Waals surface area contributed by atoms with E-state index in [4.69, 9.17) is 16.3 Å². The zero-order valence-corrected chi connectivity index (χ0v) is 11.0. The highest BCUT2D eigenvalue weighted by molar-refractivity contribution is 6.30. The molecule has 0 radical (unpaired) electrons. The zero-order chi connectivity index (χ0) is 12.0. The largest absolute Gasteiger partial charge is 0.496 e. The quantitative estimate of drug-likeness (QED) is 0.825. The van der Waals surface area contributed by atoms with Crippen LogP contribution in [0.4, 0.5) is 0 Å². The van der Waals surface area contributed by atoms with Gasteiger partial charge >= 0.3 is 0 Å². The number of nitrogens with one attached hydrogen (secondary N) is 1. The summed E-state index contributed by atoms with van der Waals surface area (Å²) in [6.07, 6.45) is 2.08. The Morgan fingerprint density at radius 1 is 1.44 bits per heavy atom. The molecule has 0 aliphatic rings. The summed E-state index contributed by atoms with van der Waals surface area (Å²) in [5.74, 6) is 0.912. The summed E-state index contributed by atoms with van der Waals surface area (Å²) in [5, 5.41) is 4.22. The van der Waals surface area contributed by atoms with E-state index in [2.05, 4.69) is 19.2 Å². The van der Waals surface area contributed by atoms with Crippen LogP contribution in [-0.4, -0.2) is 19.7 Å². The van der Waals surface area contributed by atoms with Crippen molar-refractivity contribution in [2.75, 3.05) is 13.7 Å². The van der Waals surface area contributed by atoms with Crippen LogP contribution in [0.5, 0.6) is 5.75 Å². The summed E-state index contributed by atoms with van der Waals surface area (Å²) in [6, 6.07) is 6.19. The third-order valence-corrected chi connectivity index (χ3v) is 2.75. The van der Waals surface area contributed by atoms with Gasteiger partial charge in [0.25, 0.3) is 0 Å². The number of halogens is 1. The van der Waals surface area contributed by atoms with Gasteiger partial charge in [-0.25, -0.2) is 0 Å². The molecule has 0 aromatic heterocycles. The first-order valence-corrected chi connectivity index (χ1v) is 6.11. The van der Waals surface area contributed by atoms with Gasteiger partial charge in [0.1, 0.15) is 5.75 Å². The van der Waals surface area contributed by atoms with Crippen LogP contribution in [-0.2, 0) is 6.42 Å². The lowest BCUT2D eigenvalue weighted by molar-refractivity contribution is 0.406. The molecule has 0 fully saturated rings. The molecule has 0 bridgehead atoms. The van der Waals surface area contributed by atoms with Crippen molar-refractivity contribution in [1.82, 2.24) is 5.32 Å². The highest BCUT2D eigenvalue weighted by atomic mass is 35.5. The SMILES string of the molecule is CCCNC(C)Cc1cc(Cl)ccc1OC. The topological polar surface area (TPSA) is 21.3 Å². The molecule has 0 saturated carbocycles. The third-order valence-electron chi connectivity index (χ3n) is 2.51. The molecule has 0 aliphatic carbocycles. The molecule has 90 valence electrons. The minimum absolute atomic E-state index is 0.437. The Labute approximate surface area is 103 Å². The summed E-state index contributed by atoms with van der Waals surface area (Å²) < 4.78 is 5.32. The van der Waals surface area contributed by atoms with Crippen LogP contribution in [0, 0.1) is 0 Å². The van der Waals surface area contributed by atoms with Gasteiger partial charge in [-0.15, -0.1) is 0 Å². The van der Waals surface area contributed by atoms with E-state index in [1.54, 1.807) is 7.11 Å². The molecule has 16 heavy (non-hydrogen) atoms. The van der Waals surface area contributed by atoms with E-state index in [0.29, 0.717) is 6.04 Å². The van der Waals surface area contributed by atoms with E-state index in [1.807, 2.05) is 18.2 Å². The summed E-state index contributed by atoms with van der Waals surface area (Å²) in [4.78, 5) is 0. The first-order chi connectivity index (χ1) is 7.67. The normalized spacial score (nSPS) is 12.5. The van der Waals surface area contributed by atoms with Crippen molar-refractivity contribution in [3.05, 3.63) is 28.8 Å². The highest BCUT2D eigenvalue weighted by Crippen LogP contribution is 2.23. The summed E-state index contributed by atoms with van der Waals surface area (Å²) >= 11 is 5.99. The smallest absolute Gasteiger partial charge is 0.122 e. The first-order valence-electron chi connectivity index (χ1n) is 5.73.